The third-order valence-corrected chi connectivity index (χ3v) is 5.12. The van der Waals surface area contributed by atoms with Crippen LogP contribution in [0.15, 0.2) is 5.38 Å². The van der Waals surface area contributed by atoms with E-state index in [0.717, 1.165) is 18.5 Å². The molecule has 1 aromatic heterocycles. The van der Waals surface area contributed by atoms with Crippen molar-refractivity contribution in [3.63, 3.8) is 0 Å². The molecule has 1 fully saturated rings. The Balaban J connectivity index is 1.96. The maximum atomic E-state index is 12.3. The van der Waals surface area contributed by atoms with E-state index in [0.29, 0.717) is 11.6 Å². The van der Waals surface area contributed by atoms with Crippen LogP contribution in [0.25, 0.3) is 0 Å². The fourth-order valence-corrected chi connectivity index (χ4v) is 3.84. The Kier molecular flexibility index (Phi) is 5.04. The molecule has 0 unspecified atom stereocenters. The van der Waals surface area contributed by atoms with Crippen molar-refractivity contribution in [1.82, 2.24) is 10.3 Å². The predicted molar refractivity (Wildman–Crippen MR) is 88.9 cm³/mol. The van der Waals surface area contributed by atoms with Crippen LogP contribution in [0.4, 0.5) is 5.13 Å². The van der Waals surface area contributed by atoms with Crippen LogP contribution < -0.4 is 10.6 Å². The van der Waals surface area contributed by atoms with Gasteiger partial charge in [-0.15, -0.1) is 11.3 Å². The summed E-state index contributed by atoms with van der Waals surface area (Å²) in [7, 11) is 1.97. The topological polar surface area (TPSA) is 54.0 Å². The lowest BCUT2D eigenvalue weighted by Gasteiger charge is -2.36. The summed E-state index contributed by atoms with van der Waals surface area (Å²) in [4.78, 5) is 16.8. The summed E-state index contributed by atoms with van der Waals surface area (Å²) in [6.07, 6.45) is 6.41. The molecule has 2 rings (SSSR count). The van der Waals surface area contributed by atoms with Crippen LogP contribution in [0.5, 0.6) is 0 Å². The zero-order valence-electron chi connectivity index (χ0n) is 13.6. The van der Waals surface area contributed by atoms with Crippen molar-refractivity contribution in [1.29, 1.82) is 0 Å². The van der Waals surface area contributed by atoms with Gasteiger partial charge in [-0.1, -0.05) is 40.0 Å². The van der Waals surface area contributed by atoms with Crippen LogP contribution in [-0.4, -0.2) is 23.5 Å². The number of carbonyl (C=O) groups is 1. The number of rotatable bonds is 4. The molecule has 2 N–H and O–H groups in total. The second-order valence-corrected chi connectivity index (χ2v) is 7.96. The SMILES string of the molecule is CNC1(CC(=O)Nc2nc(C(C)(C)C)cs2)CCCCC1. The summed E-state index contributed by atoms with van der Waals surface area (Å²) >= 11 is 1.51. The minimum atomic E-state index is -0.0214. The Hall–Kier alpha value is -0.940. The van der Waals surface area contributed by atoms with E-state index in [1.165, 1.54) is 30.6 Å². The van der Waals surface area contributed by atoms with Gasteiger partial charge in [-0.25, -0.2) is 4.98 Å². The second-order valence-electron chi connectivity index (χ2n) is 7.10. The number of hydrogen-bond donors (Lipinski definition) is 2. The molecule has 0 atom stereocenters. The van der Waals surface area contributed by atoms with Crippen molar-refractivity contribution in [3.05, 3.63) is 11.1 Å². The maximum absolute atomic E-state index is 12.3. The Bertz CT molecular complexity index is 484. The lowest BCUT2D eigenvalue weighted by atomic mass is 9.79. The highest BCUT2D eigenvalue weighted by Crippen LogP contribution is 2.31. The molecule has 5 heteroatoms. The molecule has 0 aliphatic heterocycles. The zero-order valence-corrected chi connectivity index (χ0v) is 14.4. The number of carbonyl (C=O) groups excluding carboxylic acids is 1. The summed E-state index contributed by atoms with van der Waals surface area (Å²) in [6.45, 7) is 6.39. The highest BCUT2D eigenvalue weighted by molar-refractivity contribution is 7.13. The normalized spacial score (nSPS) is 18.5. The first kappa shape index (κ1) is 16.4. The van der Waals surface area contributed by atoms with Crippen molar-refractivity contribution in [2.24, 2.45) is 0 Å². The maximum Gasteiger partial charge on any atom is 0.228 e. The number of amides is 1. The molecule has 1 aliphatic rings. The van der Waals surface area contributed by atoms with Crippen molar-refractivity contribution in [2.75, 3.05) is 12.4 Å². The quantitative estimate of drug-likeness (QED) is 0.892. The molecule has 1 amide bonds. The highest BCUT2D eigenvalue weighted by Gasteiger charge is 2.32. The molecule has 21 heavy (non-hydrogen) atoms. The molecule has 1 heterocycles. The van der Waals surface area contributed by atoms with Gasteiger partial charge in [0.05, 0.1) is 5.69 Å². The lowest BCUT2D eigenvalue weighted by molar-refractivity contribution is -0.117. The fraction of sp³-hybridized carbons (Fsp3) is 0.750. The zero-order chi connectivity index (χ0) is 15.5. The third kappa shape index (κ3) is 4.27. The second kappa shape index (κ2) is 6.44. The van der Waals surface area contributed by atoms with E-state index in [1.807, 2.05) is 12.4 Å². The largest absolute Gasteiger partial charge is 0.314 e. The minimum Gasteiger partial charge on any atom is -0.314 e. The van der Waals surface area contributed by atoms with E-state index in [4.69, 9.17) is 0 Å². The molecule has 0 radical (unpaired) electrons. The Morgan fingerprint density at radius 1 is 1.33 bits per heavy atom. The number of nitrogens with zero attached hydrogens (tertiary/aromatic N) is 1. The van der Waals surface area contributed by atoms with Gasteiger partial charge in [0, 0.05) is 22.8 Å². The summed E-state index contributed by atoms with van der Waals surface area (Å²) in [6, 6.07) is 0. The number of anilines is 1. The number of nitrogens with one attached hydrogen (secondary N) is 2. The third-order valence-electron chi connectivity index (χ3n) is 4.36. The van der Waals surface area contributed by atoms with Crippen molar-refractivity contribution >= 4 is 22.4 Å². The van der Waals surface area contributed by atoms with E-state index in [-0.39, 0.29) is 16.9 Å². The Labute approximate surface area is 131 Å². The first-order valence-corrected chi connectivity index (χ1v) is 8.67. The van der Waals surface area contributed by atoms with Crippen LogP contribution >= 0.6 is 11.3 Å². The van der Waals surface area contributed by atoms with E-state index in [2.05, 4.69) is 36.4 Å². The summed E-state index contributed by atoms with van der Waals surface area (Å²) < 4.78 is 0. The first-order chi connectivity index (χ1) is 9.85. The number of thiazole rings is 1. The van der Waals surface area contributed by atoms with Crippen molar-refractivity contribution < 1.29 is 4.79 Å². The Morgan fingerprint density at radius 3 is 2.52 bits per heavy atom. The molecular weight excluding hydrogens is 282 g/mol. The van der Waals surface area contributed by atoms with Gasteiger partial charge in [-0.3, -0.25) is 4.79 Å². The van der Waals surface area contributed by atoms with Crippen LogP contribution in [0.1, 0.15) is 65.0 Å². The van der Waals surface area contributed by atoms with Gasteiger partial charge in [0.1, 0.15) is 0 Å². The lowest BCUT2D eigenvalue weighted by Crippen LogP contribution is -2.47. The van der Waals surface area contributed by atoms with Crippen molar-refractivity contribution in [2.45, 2.75) is 70.3 Å². The number of hydrogen-bond acceptors (Lipinski definition) is 4. The van der Waals surface area contributed by atoms with E-state index in [1.54, 1.807) is 0 Å². The molecule has 0 aromatic carbocycles. The summed E-state index contributed by atoms with van der Waals surface area (Å²) in [5.74, 6) is 0.0704. The molecule has 1 aliphatic carbocycles. The van der Waals surface area contributed by atoms with Crippen LogP contribution in [0.2, 0.25) is 0 Å². The average molecular weight is 309 g/mol. The standard InChI is InChI=1S/C16H27N3OS/c1-15(2,3)12-11-21-14(18-12)19-13(20)10-16(17-4)8-6-5-7-9-16/h11,17H,5-10H2,1-4H3,(H,18,19,20). The van der Waals surface area contributed by atoms with E-state index >= 15 is 0 Å². The first-order valence-electron chi connectivity index (χ1n) is 7.79. The molecule has 0 saturated heterocycles. The van der Waals surface area contributed by atoms with Gasteiger partial charge >= 0.3 is 0 Å². The van der Waals surface area contributed by atoms with Crippen LogP contribution in [0.3, 0.4) is 0 Å². The fourth-order valence-electron chi connectivity index (χ4n) is 2.89. The van der Waals surface area contributed by atoms with E-state index < -0.39 is 0 Å². The van der Waals surface area contributed by atoms with Gasteiger partial charge in [0.2, 0.25) is 5.91 Å². The van der Waals surface area contributed by atoms with Gasteiger partial charge in [-0.05, 0) is 19.9 Å². The molecule has 1 saturated carbocycles. The monoisotopic (exact) mass is 309 g/mol. The molecule has 118 valence electrons. The van der Waals surface area contributed by atoms with Crippen LogP contribution in [-0.2, 0) is 10.2 Å². The summed E-state index contributed by atoms with van der Waals surface area (Å²) in [5, 5.41) is 9.10. The Morgan fingerprint density at radius 2 is 2.00 bits per heavy atom. The highest BCUT2D eigenvalue weighted by atomic mass is 32.1. The average Bonchev–Trinajstić information content (AvgIpc) is 2.88. The molecule has 0 spiro atoms. The van der Waals surface area contributed by atoms with Crippen LogP contribution in [0, 0.1) is 0 Å². The predicted octanol–water partition coefficient (Wildman–Crippen LogP) is 3.69. The smallest absolute Gasteiger partial charge is 0.228 e. The summed E-state index contributed by atoms with van der Waals surface area (Å²) in [5.41, 5.74) is 1.03. The number of aromatic nitrogens is 1. The van der Waals surface area contributed by atoms with Gasteiger partial charge in [-0.2, -0.15) is 0 Å². The molecule has 0 bridgehead atoms. The van der Waals surface area contributed by atoms with Gasteiger partial charge in [0.25, 0.3) is 0 Å². The minimum absolute atomic E-state index is 0.0214. The van der Waals surface area contributed by atoms with Gasteiger partial charge < -0.3 is 10.6 Å². The van der Waals surface area contributed by atoms with E-state index in [9.17, 15) is 4.79 Å². The molecule has 1 aromatic rings. The molecular formula is C16H27N3OS. The van der Waals surface area contributed by atoms with Crippen molar-refractivity contribution in [3.8, 4) is 0 Å². The molecule has 4 nitrogen and oxygen atoms in total. The van der Waals surface area contributed by atoms with Gasteiger partial charge in [0.15, 0.2) is 5.13 Å².